The van der Waals surface area contributed by atoms with Crippen LogP contribution in [0.3, 0.4) is 0 Å². The molecule has 0 aliphatic carbocycles. The van der Waals surface area contributed by atoms with E-state index in [0.29, 0.717) is 23.3 Å². The first-order valence-electron chi connectivity index (χ1n) is 9.65. The molecule has 8 nitrogen and oxygen atoms in total. The van der Waals surface area contributed by atoms with Gasteiger partial charge < -0.3 is 4.74 Å². The number of nitrogens with one attached hydrogen (secondary N) is 1. The molecule has 4 rings (SSSR count). The van der Waals surface area contributed by atoms with Gasteiger partial charge in [-0.05, 0) is 57.2 Å². The summed E-state index contributed by atoms with van der Waals surface area (Å²) in [5, 5.41) is 0. The molecule has 32 heavy (non-hydrogen) atoms. The minimum Gasteiger partial charge on any atom is -0.439 e. The van der Waals surface area contributed by atoms with E-state index in [-0.39, 0.29) is 5.69 Å². The van der Waals surface area contributed by atoms with Crippen LogP contribution >= 0.6 is 0 Å². The zero-order valence-electron chi connectivity index (χ0n) is 17.6. The number of aromatic nitrogens is 4. The second-order valence-corrected chi connectivity index (χ2v) is 8.71. The maximum Gasteiger partial charge on any atom is 0.264 e. The molecule has 10 heteroatoms. The van der Waals surface area contributed by atoms with Gasteiger partial charge in [0.25, 0.3) is 10.0 Å². The molecule has 2 aromatic carbocycles. The second kappa shape index (κ2) is 8.39. The molecule has 0 saturated carbocycles. The summed E-state index contributed by atoms with van der Waals surface area (Å²) in [6.45, 7) is 5.62. The van der Waals surface area contributed by atoms with Gasteiger partial charge in [0.15, 0.2) is 0 Å². The monoisotopic (exact) mass is 453 g/mol. The Bertz CT molecular complexity index is 1390. The van der Waals surface area contributed by atoms with Crippen LogP contribution in [0.2, 0.25) is 0 Å². The van der Waals surface area contributed by atoms with Crippen LogP contribution in [0, 0.1) is 26.6 Å². The summed E-state index contributed by atoms with van der Waals surface area (Å²) in [5.41, 5.74) is 2.13. The van der Waals surface area contributed by atoms with E-state index in [9.17, 15) is 12.8 Å². The lowest BCUT2D eigenvalue weighted by Crippen LogP contribution is -2.14. The van der Waals surface area contributed by atoms with E-state index in [1.165, 1.54) is 30.3 Å². The van der Waals surface area contributed by atoms with Crippen molar-refractivity contribution in [1.82, 2.24) is 19.5 Å². The minimum atomic E-state index is -4.05. The first kappa shape index (κ1) is 21.4. The number of sulfonamides is 1. The molecule has 0 aliphatic rings. The summed E-state index contributed by atoms with van der Waals surface area (Å²) in [4.78, 5) is 12.6. The predicted molar refractivity (Wildman–Crippen MR) is 117 cm³/mol. The predicted octanol–water partition coefficient (Wildman–Crippen LogP) is 4.32. The van der Waals surface area contributed by atoms with Crippen molar-refractivity contribution in [3.63, 3.8) is 0 Å². The number of aryl methyl sites for hydroxylation is 2. The van der Waals surface area contributed by atoms with Crippen LogP contribution in [-0.4, -0.2) is 27.9 Å². The average Bonchev–Trinajstić information content (AvgIpc) is 3.07. The van der Waals surface area contributed by atoms with E-state index < -0.39 is 20.7 Å². The van der Waals surface area contributed by atoms with Crippen LogP contribution < -0.4 is 9.46 Å². The highest BCUT2D eigenvalue weighted by Crippen LogP contribution is 2.25. The van der Waals surface area contributed by atoms with E-state index in [1.54, 1.807) is 31.5 Å². The first-order valence-corrected chi connectivity index (χ1v) is 11.1. The highest BCUT2D eigenvalue weighted by Gasteiger charge is 2.18. The van der Waals surface area contributed by atoms with E-state index in [2.05, 4.69) is 19.7 Å². The Hall–Kier alpha value is -3.79. The molecule has 4 aromatic rings. The molecule has 0 amide bonds. The third-order valence-corrected chi connectivity index (χ3v) is 6.17. The molecule has 2 heterocycles. The van der Waals surface area contributed by atoms with Crippen LogP contribution in [0.1, 0.15) is 17.2 Å². The summed E-state index contributed by atoms with van der Waals surface area (Å²) in [6, 6.07) is 13.1. The van der Waals surface area contributed by atoms with Crippen LogP contribution in [0.15, 0.2) is 65.8 Å². The fourth-order valence-electron chi connectivity index (χ4n) is 3.02. The smallest absolute Gasteiger partial charge is 0.264 e. The van der Waals surface area contributed by atoms with Crippen molar-refractivity contribution in [1.29, 1.82) is 0 Å². The largest absolute Gasteiger partial charge is 0.439 e. The number of anilines is 1. The molecule has 0 aliphatic heterocycles. The third-order valence-electron chi connectivity index (χ3n) is 4.75. The Kier molecular flexibility index (Phi) is 5.62. The number of ether oxygens (including phenoxy) is 1. The van der Waals surface area contributed by atoms with Crippen LogP contribution in [0.25, 0.3) is 5.82 Å². The van der Waals surface area contributed by atoms with Gasteiger partial charge in [0.1, 0.15) is 34.4 Å². The Morgan fingerprint density at radius 2 is 1.72 bits per heavy atom. The van der Waals surface area contributed by atoms with Gasteiger partial charge in [-0.1, -0.05) is 12.1 Å². The molecular weight excluding hydrogens is 433 g/mol. The van der Waals surface area contributed by atoms with Gasteiger partial charge >= 0.3 is 0 Å². The fourth-order valence-corrected chi connectivity index (χ4v) is 4.15. The van der Waals surface area contributed by atoms with E-state index in [0.717, 1.165) is 17.5 Å². The highest BCUT2D eigenvalue weighted by atomic mass is 32.2. The zero-order chi connectivity index (χ0) is 22.9. The van der Waals surface area contributed by atoms with Gasteiger partial charge in [-0.2, -0.15) is 4.98 Å². The van der Waals surface area contributed by atoms with Gasteiger partial charge in [-0.3, -0.25) is 9.29 Å². The van der Waals surface area contributed by atoms with E-state index >= 15 is 0 Å². The number of nitrogens with zero attached hydrogens (tertiary/aromatic N) is 4. The summed E-state index contributed by atoms with van der Waals surface area (Å²) in [6.07, 6.45) is 1.69. The standard InChI is InChI=1S/C22H20FN5O3S/c1-14-15(2)28(13-24-14)21-12-22(26-16(3)25-21)31-18-10-8-17(9-11-18)27-32(29,30)20-7-5-4-6-19(20)23/h4-13,27H,1-3H3. The van der Waals surface area contributed by atoms with Crippen LogP contribution in [0.4, 0.5) is 10.1 Å². The molecule has 164 valence electrons. The van der Waals surface area contributed by atoms with Crippen molar-refractivity contribution in [3.8, 4) is 17.4 Å². The van der Waals surface area contributed by atoms with Gasteiger partial charge in [-0.25, -0.2) is 22.8 Å². The number of hydrogen-bond donors (Lipinski definition) is 1. The van der Waals surface area contributed by atoms with Crippen molar-refractivity contribution in [2.45, 2.75) is 25.7 Å². The normalized spacial score (nSPS) is 11.4. The van der Waals surface area contributed by atoms with Crippen molar-refractivity contribution in [2.75, 3.05) is 4.72 Å². The summed E-state index contributed by atoms with van der Waals surface area (Å²) in [5.74, 6) is 1.11. The van der Waals surface area contributed by atoms with Crippen LogP contribution in [-0.2, 0) is 10.0 Å². The van der Waals surface area contributed by atoms with Crippen LogP contribution in [0.5, 0.6) is 11.6 Å². The average molecular weight is 453 g/mol. The summed E-state index contributed by atoms with van der Waals surface area (Å²) < 4.78 is 48.7. The molecule has 0 atom stereocenters. The lowest BCUT2D eigenvalue weighted by Gasteiger charge is -2.11. The maximum absolute atomic E-state index is 13.9. The van der Waals surface area contributed by atoms with Gasteiger partial charge in [0.2, 0.25) is 5.88 Å². The van der Waals surface area contributed by atoms with Crippen molar-refractivity contribution < 1.29 is 17.5 Å². The second-order valence-electron chi connectivity index (χ2n) is 7.06. The van der Waals surface area contributed by atoms with Gasteiger partial charge in [-0.15, -0.1) is 0 Å². The minimum absolute atomic E-state index is 0.268. The third kappa shape index (κ3) is 4.45. The fraction of sp³-hybridized carbons (Fsp3) is 0.136. The summed E-state index contributed by atoms with van der Waals surface area (Å²) >= 11 is 0. The number of benzene rings is 2. The molecule has 1 N–H and O–H groups in total. The molecule has 0 spiro atoms. The number of halogens is 1. The first-order chi connectivity index (χ1) is 15.2. The lowest BCUT2D eigenvalue weighted by molar-refractivity contribution is 0.459. The van der Waals surface area contributed by atoms with Crippen molar-refractivity contribution >= 4 is 15.7 Å². The Labute approximate surface area is 184 Å². The molecule has 0 bridgehead atoms. The van der Waals surface area contributed by atoms with E-state index in [4.69, 9.17) is 4.74 Å². The Morgan fingerprint density at radius 1 is 1.00 bits per heavy atom. The zero-order valence-corrected chi connectivity index (χ0v) is 18.4. The molecule has 0 radical (unpaired) electrons. The van der Waals surface area contributed by atoms with Crippen molar-refractivity contribution in [2.24, 2.45) is 0 Å². The molecule has 2 aromatic heterocycles. The topological polar surface area (TPSA) is 99.0 Å². The maximum atomic E-state index is 13.9. The molecule has 0 saturated heterocycles. The van der Waals surface area contributed by atoms with Gasteiger partial charge in [0.05, 0.1) is 5.69 Å². The molecule has 0 fully saturated rings. The molecule has 0 unspecified atom stereocenters. The summed E-state index contributed by atoms with van der Waals surface area (Å²) in [7, 11) is -4.05. The quantitative estimate of drug-likeness (QED) is 0.467. The number of hydrogen-bond acceptors (Lipinski definition) is 6. The highest BCUT2D eigenvalue weighted by molar-refractivity contribution is 7.92. The Balaban J connectivity index is 1.53. The molecular formula is C22H20FN5O3S. The number of imidazole rings is 1. The Morgan fingerprint density at radius 3 is 2.38 bits per heavy atom. The van der Waals surface area contributed by atoms with E-state index in [1.807, 2.05) is 18.4 Å². The van der Waals surface area contributed by atoms with Crippen molar-refractivity contribution in [3.05, 3.63) is 84.0 Å². The SMILES string of the molecule is Cc1nc(Oc2ccc(NS(=O)(=O)c3ccccc3F)cc2)cc(-n2cnc(C)c2C)n1. The number of rotatable bonds is 6. The lowest BCUT2D eigenvalue weighted by atomic mass is 10.3. The van der Waals surface area contributed by atoms with Gasteiger partial charge in [0, 0.05) is 17.4 Å².